The molecule has 0 aliphatic heterocycles. The van der Waals surface area contributed by atoms with Crippen LogP contribution >= 0.6 is 0 Å². The van der Waals surface area contributed by atoms with Gasteiger partial charge in [-0.2, -0.15) is 5.10 Å². The van der Waals surface area contributed by atoms with E-state index in [-0.39, 0.29) is 11.3 Å². The maximum absolute atomic E-state index is 12.5. The first-order valence-corrected chi connectivity index (χ1v) is 10.9. The average molecular weight is 411 g/mol. The van der Waals surface area contributed by atoms with E-state index in [4.69, 9.17) is 0 Å². The van der Waals surface area contributed by atoms with Crippen molar-refractivity contribution in [1.29, 1.82) is 0 Å². The molecule has 3 aromatic carbocycles. The number of carbonyl (C=O) groups excluding carboxylic acids is 1. The van der Waals surface area contributed by atoms with Gasteiger partial charge in [0, 0.05) is 16.5 Å². The number of aryl methyl sites for hydroxylation is 4. The molecule has 158 valence electrons. The first-order valence-electron chi connectivity index (χ1n) is 10.9. The molecular weight excluding hydrogens is 380 g/mol. The first kappa shape index (κ1) is 21.0. The largest absolute Gasteiger partial charge is 0.271 e. The van der Waals surface area contributed by atoms with Crippen LogP contribution in [0.4, 0.5) is 0 Å². The second-order valence-electron chi connectivity index (χ2n) is 8.98. The fraction of sp³-hybridized carbons (Fsp3) is 0.286. The Hall–Kier alpha value is -3.20. The second kappa shape index (κ2) is 8.14. The number of hydrazone groups is 1. The Morgan fingerprint density at radius 3 is 2.26 bits per heavy atom. The molecule has 0 spiro atoms. The van der Waals surface area contributed by atoms with Gasteiger partial charge in [-0.3, -0.25) is 4.79 Å². The van der Waals surface area contributed by atoms with Gasteiger partial charge < -0.3 is 0 Å². The lowest BCUT2D eigenvalue weighted by Crippen LogP contribution is -2.33. The molecule has 0 bridgehead atoms. The summed E-state index contributed by atoms with van der Waals surface area (Å²) in [4.78, 5) is 12.5. The van der Waals surface area contributed by atoms with E-state index in [1.54, 1.807) is 12.1 Å². The van der Waals surface area contributed by atoms with Crippen molar-refractivity contribution in [3.05, 3.63) is 105 Å². The van der Waals surface area contributed by atoms with Crippen LogP contribution < -0.4 is 5.43 Å². The normalized spacial score (nSPS) is 19.2. The molecule has 0 saturated heterocycles. The summed E-state index contributed by atoms with van der Waals surface area (Å²) in [6.45, 7) is 11.0. The summed E-state index contributed by atoms with van der Waals surface area (Å²) in [6, 6.07) is 20.6. The lowest BCUT2D eigenvalue weighted by molar-refractivity contribution is 0.0954. The van der Waals surface area contributed by atoms with Gasteiger partial charge in [-0.05, 0) is 92.1 Å². The predicted octanol–water partition coefficient (Wildman–Crippen LogP) is 6.15. The Morgan fingerprint density at radius 1 is 0.871 bits per heavy atom. The van der Waals surface area contributed by atoms with Gasteiger partial charge in [-0.1, -0.05) is 49.4 Å². The van der Waals surface area contributed by atoms with Crippen molar-refractivity contribution in [2.45, 2.75) is 52.9 Å². The Labute approximate surface area is 185 Å². The van der Waals surface area contributed by atoms with Crippen molar-refractivity contribution < 1.29 is 4.79 Å². The summed E-state index contributed by atoms with van der Waals surface area (Å²) >= 11 is 0. The minimum atomic E-state index is -0.180. The molecule has 3 heteroatoms. The van der Waals surface area contributed by atoms with Gasteiger partial charge in [-0.15, -0.1) is 0 Å². The van der Waals surface area contributed by atoms with Crippen LogP contribution in [0.2, 0.25) is 0 Å². The van der Waals surface area contributed by atoms with Crippen molar-refractivity contribution >= 4 is 11.6 Å². The molecule has 0 fully saturated rings. The predicted molar refractivity (Wildman–Crippen MR) is 128 cm³/mol. The molecule has 1 aliphatic carbocycles. The molecule has 0 radical (unpaired) electrons. The highest BCUT2D eigenvalue weighted by Crippen LogP contribution is 2.43. The number of fused-ring (bicyclic) bond motifs is 1. The molecule has 31 heavy (non-hydrogen) atoms. The second-order valence-corrected chi connectivity index (χ2v) is 8.98. The maximum Gasteiger partial charge on any atom is 0.271 e. The van der Waals surface area contributed by atoms with E-state index in [0.717, 1.165) is 24.1 Å². The van der Waals surface area contributed by atoms with Crippen molar-refractivity contribution in [2.24, 2.45) is 5.10 Å². The zero-order chi connectivity index (χ0) is 22.2. The van der Waals surface area contributed by atoms with Crippen LogP contribution in [0.25, 0.3) is 0 Å². The quantitative estimate of drug-likeness (QED) is 0.517. The zero-order valence-electron chi connectivity index (χ0n) is 19.0. The monoisotopic (exact) mass is 410 g/mol. The average Bonchev–Trinajstić information content (AvgIpc) is 2.77. The molecule has 0 saturated carbocycles. The molecule has 1 N–H and O–H groups in total. The fourth-order valence-electron chi connectivity index (χ4n) is 4.42. The summed E-state index contributed by atoms with van der Waals surface area (Å²) in [5, 5.41) is 4.58. The van der Waals surface area contributed by atoms with Crippen molar-refractivity contribution in [1.82, 2.24) is 5.43 Å². The van der Waals surface area contributed by atoms with Crippen molar-refractivity contribution in [2.75, 3.05) is 0 Å². The van der Waals surface area contributed by atoms with Gasteiger partial charge in [-0.25, -0.2) is 5.43 Å². The Bertz CT molecular complexity index is 1180. The standard InChI is InChI=1S/C28H30N2O/c1-18-11-12-23(15-19(18)2)28(5)14-13-26(24-16-20(3)21(4)17-25(24)28)29-30-27(31)22-9-7-6-8-10-22/h6-12,15-17H,13-14H2,1-5H3,(H,30,31)/b29-26+/t28-/m1/s1. The van der Waals surface area contributed by atoms with Crippen molar-refractivity contribution in [3.63, 3.8) is 0 Å². The zero-order valence-corrected chi connectivity index (χ0v) is 19.0. The third-order valence-electron chi connectivity index (χ3n) is 6.87. The minimum absolute atomic E-state index is 0.0886. The number of hydrogen-bond donors (Lipinski definition) is 1. The number of carbonyl (C=O) groups is 1. The summed E-state index contributed by atoms with van der Waals surface area (Å²) in [5.74, 6) is -0.180. The van der Waals surface area contributed by atoms with Gasteiger partial charge in [0.05, 0.1) is 5.71 Å². The maximum atomic E-state index is 12.5. The van der Waals surface area contributed by atoms with Gasteiger partial charge in [0.25, 0.3) is 5.91 Å². The molecule has 1 amide bonds. The molecular formula is C28H30N2O. The minimum Gasteiger partial charge on any atom is -0.267 e. The number of benzene rings is 3. The highest BCUT2D eigenvalue weighted by Gasteiger charge is 2.37. The summed E-state index contributed by atoms with van der Waals surface area (Å²) in [5.41, 5.74) is 13.2. The SMILES string of the molecule is Cc1ccc([C@@]2(C)CC/C(=N\NC(=O)c3ccccc3)c3cc(C)c(C)cc32)cc1C. The van der Waals surface area contributed by atoms with Crippen LogP contribution in [0.3, 0.4) is 0 Å². The summed E-state index contributed by atoms with van der Waals surface area (Å²) < 4.78 is 0. The molecule has 1 aliphatic rings. The first-order chi connectivity index (χ1) is 14.8. The van der Waals surface area contributed by atoms with E-state index in [9.17, 15) is 4.79 Å². The molecule has 4 rings (SSSR count). The van der Waals surface area contributed by atoms with Gasteiger partial charge in [0.1, 0.15) is 0 Å². The van der Waals surface area contributed by atoms with Crippen LogP contribution in [-0.2, 0) is 5.41 Å². The van der Waals surface area contributed by atoms with Crippen LogP contribution in [-0.4, -0.2) is 11.6 Å². The van der Waals surface area contributed by atoms with Gasteiger partial charge >= 0.3 is 0 Å². The third-order valence-corrected chi connectivity index (χ3v) is 6.87. The molecule has 0 heterocycles. The number of amides is 1. The number of hydrogen-bond acceptors (Lipinski definition) is 2. The Balaban J connectivity index is 1.76. The van der Waals surface area contributed by atoms with Crippen LogP contribution in [0.15, 0.2) is 65.8 Å². The molecule has 1 atom stereocenters. The van der Waals surface area contributed by atoms with E-state index in [2.05, 4.69) is 75.5 Å². The number of rotatable bonds is 3. The van der Waals surface area contributed by atoms with Crippen molar-refractivity contribution in [3.8, 4) is 0 Å². The molecule has 0 aromatic heterocycles. The highest BCUT2D eigenvalue weighted by atomic mass is 16.2. The number of nitrogens with one attached hydrogen (secondary N) is 1. The lowest BCUT2D eigenvalue weighted by atomic mass is 9.66. The lowest BCUT2D eigenvalue weighted by Gasteiger charge is -2.38. The summed E-state index contributed by atoms with van der Waals surface area (Å²) in [7, 11) is 0. The van der Waals surface area contributed by atoms with E-state index < -0.39 is 0 Å². The Morgan fingerprint density at radius 2 is 1.55 bits per heavy atom. The third kappa shape index (κ3) is 3.93. The van der Waals surface area contributed by atoms with E-state index in [1.807, 2.05) is 18.2 Å². The summed E-state index contributed by atoms with van der Waals surface area (Å²) in [6.07, 6.45) is 1.76. The van der Waals surface area contributed by atoms with Crippen LogP contribution in [0.5, 0.6) is 0 Å². The molecule has 3 nitrogen and oxygen atoms in total. The van der Waals surface area contributed by atoms with Crippen LogP contribution in [0, 0.1) is 27.7 Å². The van der Waals surface area contributed by atoms with Gasteiger partial charge in [0.15, 0.2) is 0 Å². The number of nitrogens with zero attached hydrogens (tertiary/aromatic N) is 1. The van der Waals surface area contributed by atoms with E-state index in [1.165, 1.54) is 33.4 Å². The van der Waals surface area contributed by atoms with Gasteiger partial charge in [0.2, 0.25) is 0 Å². The van der Waals surface area contributed by atoms with Crippen LogP contribution in [0.1, 0.15) is 69.1 Å². The van der Waals surface area contributed by atoms with E-state index in [0.29, 0.717) is 5.56 Å². The fourth-order valence-corrected chi connectivity index (χ4v) is 4.42. The Kier molecular flexibility index (Phi) is 5.53. The molecule has 3 aromatic rings. The molecule has 0 unspecified atom stereocenters. The topological polar surface area (TPSA) is 41.5 Å². The smallest absolute Gasteiger partial charge is 0.267 e. The van der Waals surface area contributed by atoms with E-state index >= 15 is 0 Å². The highest BCUT2D eigenvalue weighted by molar-refractivity contribution is 6.05.